The Balaban J connectivity index is 2.08. The van der Waals surface area contributed by atoms with E-state index >= 15 is 0 Å². The van der Waals surface area contributed by atoms with Crippen LogP contribution in [0, 0.1) is 29.5 Å². The summed E-state index contributed by atoms with van der Waals surface area (Å²) in [6.45, 7) is 5.19. The Hall–Kier alpha value is -1.91. The SMILES string of the molecule is Cc1c(S(=O)(=O)NC2(C#N)CC2(C)C)oc2ccc(F)cc12. The summed E-state index contributed by atoms with van der Waals surface area (Å²) >= 11 is 0. The van der Waals surface area contributed by atoms with E-state index in [1.165, 1.54) is 18.2 Å². The number of aryl methyl sites for hydroxylation is 1. The van der Waals surface area contributed by atoms with Crippen molar-refractivity contribution >= 4 is 21.0 Å². The molecule has 1 aliphatic rings. The smallest absolute Gasteiger partial charge is 0.275 e. The fraction of sp³-hybridized carbons (Fsp3) is 0.400. The first kappa shape index (κ1) is 15.0. The maximum Gasteiger partial charge on any atom is 0.275 e. The van der Waals surface area contributed by atoms with Gasteiger partial charge in [0.2, 0.25) is 5.09 Å². The Morgan fingerprint density at radius 2 is 2.05 bits per heavy atom. The van der Waals surface area contributed by atoms with Crippen LogP contribution in [0.2, 0.25) is 0 Å². The van der Waals surface area contributed by atoms with Crippen molar-refractivity contribution < 1.29 is 17.2 Å². The average molecular weight is 322 g/mol. The first-order valence-electron chi connectivity index (χ1n) is 6.76. The summed E-state index contributed by atoms with van der Waals surface area (Å²) in [6, 6.07) is 5.86. The Morgan fingerprint density at radius 1 is 1.41 bits per heavy atom. The lowest BCUT2D eigenvalue weighted by molar-refractivity contribution is 0.458. The second-order valence-electron chi connectivity index (χ2n) is 6.34. The van der Waals surface area contributed by atoms with Gasteiger partial charge in [0.15, 0.2) is 0 Å². The average Bonchev–Trinajstić information content (AvgIpc) is 2.79. The van der Waals surface area contributed by atoms with Crippen LogP contribution in [-0.2, 0) is 10.0 Å². The van der Waals surface area contributed by atoms with Gasteiger partial charge in [-0.2, -0.15) is 9.98 Å². The van der Waals surface area contributed by atoms with E-state index in [0.29, 0.717) is 23.0 Å². The molecule has 0 amide bonds. The van der Waals surface area contributed by atoms with Crippen molar-refractivity contribution in [2.75, 3.05) is 0 Å². The first-order valence-corrected chi connectivity index (χ1v) is 8.24. The largest absolute Gasteiger partial charge is 0.443 e. The number of halogens is 1. The lowest BCUT2D eigenvalue weighted by Gasteiger charge is -2.13. The van der Waals surface area contributed by atoms with E-state index in [1.54, 1.807) is 6.92 Å². The topological polar surface area (TPSA) is 83.1 Å². The molecule has 0 saturated heterocycles. The summed E-state index contributed by atoms with van der Waals surface area (Å²) < 4.78 is 46.2. The molecule has 0 bridgehead atoms. The normalized spacial score (nSPS) is 23.4. The van der Waals surface area contributed by atoms with Gasteiger partial charge in [0.05, 0.1) is 6.07 Å². The monoisotopic (exact) mass is 322 g/mol. The molecule has 0 radical (unpaired) electrons. The number of benzene rings is 1. The minimum atomic E-state index is -4.01. The van der Waals surface area contributed by atoms with Gasteiger partial charge < -0.3 is 4.42 Å². The van der Waals surface area contributed by atoms with Gasteiger partial charge in [0, 0.05) is 16.4 Å². The number of nitrogens with one attached hydrogen (secondary N) is 1. The Labute approximate surface area is 127 Å². The molecule has 1 heterocycles. The highest BCUT2D eigenvalue weighted by molar-refractivity contribution is 7.89. The van der Waals surface area contributed by atoms with E-state index in [0.717, 1.165) is 0 Å². The van der Waals surface area contributed by atoms with Gasteiger partial charge in [0.1, 0.15) is 16.9 Å². The molecule has 0 spiro atoms. The maximum atomic E-state index is 13.3. The lowest BCUT2D eigenvalue weighted by Crippen LogP contribution is -2.39. The highest BCUT2D eigenvalue weighted by Crippen LogP contribution is 2.55. The summed E-state index contributed by atoms with van der Waals surface area (Å²) in [7, 11) is -4.01. The second-order valence-corrected chi connectivity index (χ2v) is 7.92. The third-order valence-corrected chi connectivity index (χ3v) is 5.83. The van der Waals surface area contributed by atoms with Crippen LogP contribution < -0.4 is 4.72 Å². The third-order valence-electron chi connectivity index (χ3n) is 4.34. The molecule has 1 aliphatic carbocycles. The molecule has 1 aromatic carbocycles. The number of nitriles is 1. The zero-order valence-corrected chi connectivity index (χ0v) is 13.2. The fourth-order valence-electron chi connectivity index (χ4n) is 2.71. The third kappa shape index (κ3) is 2.02. The van der Waals surface area contributed by atoms with Gasteiger partial charge in [0.25, 0.3) is 10.0 Å². The number of hydrogen-bond acceptors (Lipinski definition) is 4. The predicted octanol–water partition coefficient (Wildman–Crippen LogP) is 2.85. The van der Waals surface area contributed by atoms with Gasteiger partial charge in [-0.15, -0.1) is 0 Å². The number of fused-ring (bicyclic) bond motifs is 1. The minimum absolute atomic E-state index is 0.273. The van der Waals surface area contributed by atoms with Crippen molar-refractivity contribution in [1.82, 2.24) is 4.72 Å². The quantitative estimate of drug-likeness (QED) is 0.942. The molecule has 3 rings (SSSR count). The van der Waals surface area contributed by atoms with E-state index in [1.807, 2.05) is 19.9 Å². The summed E-state index contributed by atoms with van der Waals surface area (Å²) in [4.78, 5) is 0. The Kier molecular flexibility index (Phi) is 2.94. The maximum absolute atomic E-state index is 13.3. The van der Waals surface area contributed by atoms with Crippen molar-refractivity contribution in [3.8, 4) is 6.07 Å². The molecule has 0 aliphatic heterocycles. The summed E-state index contributed by atoms with van der Waals surface area (Å²) in [5.41, 5.74) is -0.933. The van der Waals surface area contributed by atoms with Crippen molar-refractivity contribution in [3.63, 3.8) is 0 Å². The predicted molar refractivity (Wildman–Crippen MR) is 78.0 cm³/mol. The first-order chi connectivity index (χ1) is 10.1. The zero-order valence-electron chi connectivity index (χ0n) is 12.4. The molecule has 5 nitrogen and oxygen atoms in total. The highest BCUT2D eigenvalue weighted by Gasteiger charge is 2.64. The molecular formula is C15H15FN2O3S. The van der Waals surface area contributed by atoms with Crippen molar-refractivity contribution in [2.24, 2.45) is 5.41 Å². The van der Waals surface area contributed by atoms with Crippen molar-refractivity contribution in [1.29, 1.82) is 5.26 Å². The number of sulfonamides is 1. The van der Waals surface area contributed by atoms with Crippen LogP contribution in [0.25, 0.3) is 11.0 Å². The van der Waals surface area contributed by atoms with Crippen LogP contribution in [-0.4, -0.2) is 14.0 Å². The molecule has 1 N–H and O–H groups in total. The molecule has 1 unspecified atom stereocenters. The Morgan fingerprint density at radius 3 is 2.59 bits per heavy atom. The minimum Gasteiger partial charge on any atom is -0.443 e. The number of furan rings is 1. The van der Waals surface area contributed by atoms with Gasteiger partial charge in [-0.25, -0.2) is 12.8 Å². The van der Waals surface area contributed by atoms with Crippen molar-refractivity contribution in [2.45, 2.75) is 37.8 Å². The lowest BCUT2D eigenvalue weighted by atomic mass is 10.1. The van der Waals surface area contributed by atoms with Crippen LogP contribution in [0.3, 0.4) is 0 Å². The molecule has 1 aromatic heterocycles. The molecule has 1 atom stereocenters. The fourth-order valence-corrected chi connectivity index (χ4v) is 4.37. The van der Waals surface area contributed by atoms with Gasteiger partial charge in [-0.3, -0.25) is 0 Å². The summed E-state index contributed by atoms with van der Waals surface area (Å²) in [5.74, 6) is -0.467. The van der Waals surface area contributed by atoms with Gasteiger partial charge >= 0.3 is 0 Å². The molecule has 2 aromatic rings. The number of rotatable bonds is 3. The summed E-state index contributed by atoms with van der Waals surface area (Å²) in [5, 5.41) is 9.42. The standard InChI is InChI=1S/C15H15FN2O3S/c1-9-11-6-10(16)4-5-12(11)21-13(9)22(19,20)18-15(8-17)7-14(15,2)3/h4-6,18H,7H2,1-3H3. The molecular weight excluding hydrogens is 307 g/mol. The summed E-state index contributed by atoms with van der Waals surface area (Å²) in [6.07, 6.45) is 0.434. The van der Waals surface area contributed by atoms with E-state index < -0.39 is 26.8 Å². The van der Waals surface area contributed by atoms with Crippen LogP contribution in [0.15, 0.2) is 27.7 Å². The zero-order chi connectivity index (χ0) is 16.3. The molecule has 22 heavy (non-hydrogen) atoms. The van der Waals surface area contributed by atoms with Crippen LogP contribution in [0.5, 0.6) is 0 Å². The van der Waals surface area contributed by atoms with E-state index in [2.05, 4.69) is 4.72 Å². The number of nitrogens with zero attached hydrogens (tertiary/aromatic N) is 1. The molecule has 1 saturated carbocycles. The molecule has 1 fully saturated rings. The second kappa shape index (κ2) is 4.31. The van der Waals surface area contributed by atoms with E-state index in [4.69, 9.17) is 4.42 Å². The van der Waals surface area contributed by atoms with Crippen LogP contribution in [0.4, 0.5) is 4.39 Å². The van der Waals surface area contributed by atoms with E-state index in [-0.39, 0.29) is 5.09 Å². The van der Waals surface area contributed by atoms with E-state index in [9.17, 15) is 18.1 Å². The van der Waals surface area contributed by atoms with Crippen molar-refractivity contribution in [3.05, 3.63) is 29.6 Å². The molecule has 7 heteroatoms. The van der Waals surface area contributed by atoms with Crippen LogP contribution >= 0.6 is 0 Å². The Bertz CT molecular complexity index is 924. The highest BCUT2D eigenvalue weighted by atomic mass is 32.2. The van der Waals surface area contributed by atoms with Gasteiger partial charge in [-0.1, -0.05) is 13.8 Å². The van der Waals surface area contributed by atoms with Crippen LogP contribution in [0.1, 0.15) is 25.8 Å². The van der Waals surface area contributed by atoms with Gasteiger partial charge in [-0.05, 0) is 31.5 Å². The number of hydrogen-bond donors (Lipinski definition) is 1. The molecule has 116 valence electrons.